The summed E-state index contributed by atoms with van der Waals surface area (Å²) < 4.78 is 0. The van der Waals surface area contributed by atoms with E-state index in [2.05, 4.69) is 20.8 Å². The highest BCUT2D eigenvalue weighted by atomic mass is 16.1. The lowest BCUT2D eigenvalue weighted by Gasteiger charge is -2.51. The molecule has 2 rings (SSSR count). The third-order valence-electron chi connectivity index (χ3n) is 4.74. The van der Waals surface area contributed by atoms with E-state index >= 15 is 0 Å². The fourth-order valence-corrected chi connectivity index (χ4v) is 3.59. The number of hydrogen-bond donors (Lipinski definition) is 0. The molecule has 0 spiro atoms. The molecular weight excluding hydrogens is 184 g/mol. The Kier molecular flexibility index (Phi) is 2.92. The second-order valence-electron chi connectivity index (χ2n) is 6.45. The quantitative estimate of drug-likeness (QED) is 0.591. The van der Waals surface area contributed by atoms with Crippen LogP contribution in [0.5, 0.6) is 0 Å². The van der Waals surface area contributed by atoms with Crippen molar-refractivity contribution in [2.24, 2.45) is 23.2 Å². The van der Waals surface area contributed by atoms with E-state index in [-0.39, 0.29) is 0 Å². The molecule has 0 heterocycles. The smallest absolute Gasteiger partial charge is 0.136 e. The molecule has 2 fully saturated rings. The first-order valence-corrected chi connectivity index (χ1v) is 6.53. The van der Waals surface area contributed by atoms with E-state index in [1.165, 1.54) is 19.3 Å². The van der Waals surface area contributed by atoms with Crippen LogP contribution in [0, 0.1) is 23.2 Å². The molecule has 0 N–H and O–H groups in total. The van der Waals surface area contributed by atoms with Crippen molar-refractivity contribution in [1.29, 1.82) is 0 Å². The average Bonchev–Trinajstić information content (AvgIpc) is 2.18. The van der Waals surface area contributed by atoms with Crippen LogP contribution in [0.1, 0.15) is 59.3 Å². The van der Waals surface area contributed by atoms with Crippen molar-refractivity contribution in [2.75, 3.05) is 0 Å². The van der Waals surface area contributed by atoms with Crippen LogP contribution in [0.4, 0.5) is 0 Å². The summed E-state index contributed by atoms with van der Waals surface area (Å²) in [7, 11) is 0. The molecule has 3 unspecified atom stereocenters. The van der Waals surface area contributed by atoms with E-state index in [1.807, 2.05) is 0 Å². The van der Waals surface area contributed by atoms with E-state index in [0.29, 0.717) is 23.0 Å². The van der Waals surface area contributed by atoms with Gasteiger partial charge in [-0.25, -0.2) is 0 Å². The Morgan fingerprint density at radius 3 is 2.60 bits per heavy atom. The molecule has 2 aliphatic rings. The number of hydrogen-bond acceptors (Lipinski definition) is 1. The lowest BCUT2D eigenvalue weighted by molar-refractivity contribution is -0.136. The van der Waals surface area contributed by atoms with Crippen molar-refractivity contribution < 1.29 is 4.79 Å². The summed E-state index contributed by atoms with van der Waals surface area (Å²) in [6, 6.07) is 0. The van der Waals surface area contributed by atoms with Crippen molar-refractivity contribution >= 4 is 5.78 Å². The van der Waals surface area contributed by atoms with Gasteiger partial charge in [0.05, 0.1) is 0 Å². The predicted molar refractivity (Wildman–Crippen MR) is 62.6 cm³/mol. The number of rotatable bonds is 0. The maximum absolute atomic E-state index is 12.0. The van der Waals surface area contributed by atoms with Crippen LogP contribution in [0.3, 0.4) is 0 Å². The van der Waals surface area contributed by atoms with Gasteiger partial charge in [-0.1, -0.05) is 33.6 Å². The van der Waals surface area contributed by atoms with Gasteiger partial charge in [0.25, 0.3) is 0 Å². The molecule has 15 heavy (non-hydrogen) atoms. The Morgan fingerprint density at radius 1 is 1.20 bits per heavy atom. The zero-order valence-electron chi connectivity index (χ0n) is 10.4. The van der Waals surface area contributed by atoms with Crippen LogP contribution in [0.25, 0.3) is 0 Å². The van der Waals surface area contributed by atoms with Crippen LogP contribution >= 0.6 is 0 Å². The van der Waals surface area contributed by atoms with Crippen molar-refractivity contribution in [2.45, 2.75) is 59.3 Å². The summed E-state index contributed by atoms with van der Waals surface area (Å²) in [4.78, 5) is 12.0. The number of carbonyl (C=O) groups is 1. The van der Waals surface area contributed by atoms with Gasteiger partial charge in [0.15, 0.2) is 0 Å². The lowest BCUT2D eigenvalue weighted by atomic mass is 9.53. The van der Waals surface area contributed by atoms with Gasteiger partial charge in [-0.2, -0.15) is 0 Å². The molecule has 1 heteroatoms. The Balaban J connectivity index is 2.06. The van der Waals surface area contributed by atoms with Gasteiger partial charge in [0.1, 0.15) is 5.78 Å². The first kappa shape index (κ1) is 11.2. The van der Waals surface area contributed by atoms with Crippen molar-refractivity contribution in [3.8, 4) is 0 Å². The highest BCUT2D eigenvalue weighted by molar-refractivity contribution is 5.82. The van der Waals surface area contributed by atoms with Crippen LogP contribution in [-0.4, -0.2) is 5.78 Å². The topological polar surface area (TPSA) is 17.1 Å². The van der Waals surface area contributed by atoms with Gasteiger partial charge >= 0.3 is 0 Å². The zero-order valence-corrected chi connectivity index (χ0v) is 10.4. The molecule has 0 saturated heterocycles. The summed E-state index contributed by atoms with van der Waals surface area (Å²) in [5.41, 5.74) is 0.435. The molecule has 0 aliphatic heterocycles. The maximum Gasteiger partial charge on any atom is 0.136 e. The maximum atomic E-state index is 12.0. The van der Waals surface area contributed by atoms with Crippen molar-refractivity contribution in [1.82, 2.24) is 0 Å². The third kappa shape index (κ3) is 2.11. The second-order valence-corrected chi connectivity index (χ2v) is 6.45. The monoisotopic (exact) mass is 208 g/mol. The van der Waals surface area contributed by atoms with Gasteiger partial charge in [-0.3, -0.25) is 4.79 Å². The number of ketones is 1. The molecule has 2 aliphatic carbocycles. The Bertz CT molecular complexity index is 254. The SMILES string of the molecule is CC1CCCC(=O)C2CC(C)(C)C2CC1. The normalized spacial score (nSPS) is 40.7. The number of carbonyl (C=O) groups excluding carboxylic acids is 1. The van der Waals surface area contributed by atoms with Crippen LogP contribution in [0.15, 0.2) is 0 Å². The standard InChI is InChI=1S/C14H24O/c1-10-5-4-6-13(15)11-9-14(2,3)12(11)8-7-10/h10-12H,4-9H2,1-3H3. The van der Waals surface area contributed by atoms with Gasteiger partial charge in [-0.05, 0) is 36.5 Å². The average molecular weight is 208 g/mol. The van der Waals surface area contributed by atoms with Gasteiger partial charge in [0.2, 0.25) is 0 Å². The number of fused-ring (bicyclic) bond motifs is 1. The molecule has 3 atom stereocenters. The van der Waals surface area contributed by atoms with E-state index in [0.717, 1.165) is 25.2 Å². The highest BCUT2D eigenvalue weighted by Crippen LogP contribution is 2.54. The molecule has 0 amide bonds. The molecule has 86 valence electrons. The molecule has 0 bridgehead atoms. The van der Waals surface area contributed by atoms with E-state index < -0.39 is 0 Å². The van der Waals surface area contributed by atoms with E-state index in [4.69, 9.17) is 0 Å². The van der Waals surface area contributed by atoms with E-state index in [1.54, 1.807) is 0 Å². The molecule has 0 radical (unpaired) electrons. The first-order valence-electron chi connectivity index (χ1n) is 6.53. The van der Waals surface area contributed by atoms with Crippen LogP contribution < -0.4 is 0 Å². The minimum Gasteiger partial charge on any atom is -0.299 e. The largest absolute Gasteiger partial charge is 0.299 e. The lowest BCUT2D eigenvalue weighted by Crippen LogP contribution is -2.47. The molecule has 0 aromatic rings. The molecular formula is C14H24O. The Hall–Kier alpha value is -0.330. The van der Waals surface area contributed by atoms with Crippen molar-refractivity contribution in [3.05, 3.63) is 0 Å². The molecule has 1 nitrogen and oxygen atoms in total. The summed E-state index contributed by atoms with van der Waals surface area (Å²) in [6.45, 7) is 7.02. The van der Waals surface area contributed by atoms with Crippen molar-refractivity contribution in [3.63, 3.8) is 0 Å². The third-order valence-corrected chi connectivity index (χ3v) is 4.74. The summed E-state index contributed by atoms with van der Waals surface area (Å²) in [6.07, 6.45) is 6.99. The summed E-state index contributed by atoms with van der Waals surface area (Å²) in [5.74, 6) is 2.50. The first-order chi connectivity index (χ1) is 7.00. The second kappa shape index (κ2) is 3.92. The molecule has 2 saturated carbocycles. The highest BCUT2D eigenvalue weighted by Gasteiger charge is 2.49. The van der Waals surface area contributed by atoms with Crippen LogP contribution in [0.2, 0.25) is 0 Å². The van der Waals surface area contributed by atoms with Crippen LogP contribution in [-0.2, 0) is 4.79 Å². The zero-order chi connectivity index (χ0) is 11.1. The Morgan fingerprint density at radius 2 is 1.93 bits per heavy atom. The molecule has 0 aromatic carbocycles. The fourth-order valence-electron chi connectivity index (χ4n) is 3.59. The predicted octanol–water partition coefficient (Wildman–Crippen LogP) is 3.82. The minimum absolute atomic E-state index is 0.422. The van der Waals surface area contributed by atoms with Gasteiger partial charge < -0.3 is 0 Å². The van der Waals surface area contributed by atoms with E-state index in [9.17, 15) is 4.79 Å². The Labute approximate surface area is 93.6 Å². The van der Waals surface area contributed by atoms with Gasteiger partial charge in [-0.15, -0.1) is 0 Å². The summed E-state index contributed by atoms with van der Waals surface area (Å²) in [5, 5.41) is 0. The van der Waals surface area contributed by atoms with Gasteiger partial charge in [0, 0.05) is 12.3 Å². The fraction of sp³-hybridized carbons (Fsp3) is 0.929. The summed E-state index contributed by atoms with van der Waals surface area (Å²) >= 11 is 0. The number of Topliss-reactive ketones (excluding diaryl/α,β-unsaturated/α-hetero) is 1. The molecule has 0 aromatic heterocycles. The minimum atomic E-state index is 0.422.